The average molecular weight is 420 g/mol. The Morgan fingerprint density at radius 1 is 1.28 bits per heavy atom. The van der Waals surface area contributed by atoms with Gasteiger partial charge in [0.05, 0.1) is 15.0 Å². The number of halogens is 1. The maximum absolute atomic E-state index is 12.6. The first-order valence-corrected chi connectivity index (χ1v) is 11.9. The molecule has 1 saturated heterocycles. The first-order valence-electron chi connectivity index (χ1n) is 7.72. The third kappa shape index (κ3) is 5.01. The summed E-state index contributed by atoms with van der Waals surface area (Å²) in [6.45, 7) is 3.04. The molecule has 136 valence electrons. The monoisotopic (exact) mass is 419 g/mol. The number of sulfone groups is 1. The summed E-state index contributed by atoms with van der Waals surface area (Å²) in [6, 6.07) is 3.72. The summed E-state index contributed by atoms with van der Waals surface area (Å²) in [4.78, 5) is 21.9. The molecule has 0 unspecified atom stereocenters. The fraction of sp³-hybridized carbons (Fsp3) is 0.467. The van der Waals surface area contributed by atoms with Crippen molar-refractivity contribution >= 4 is 50.0 Å². The van der Waals surface area contributed by atoms with Gasteiger partial charge in [-0.3, -0.25) is 9.69 Å². The van der Waals surface area contributed by atoms with Crippen LogP contribution in [0.5, 0.6) is 0 Å². The van der Waals surface area contributed by atoms with Gasteiger partial charge in [0.1, 0.15) is 20.5 Å². The molecule has 1 amide bonds. The maximum atomic E-state index is 12.6. The van der Waals surface area contributed by atoms with Crippen LogP contribution in [0.4, 0.5) is 0 Å². The molecule has 6 nitrogen and oxygen atoms in total. The first kappa shape index (κ1) is 18.8. The number of carbonyl (C=O) groups is 1. The molecule has 3 rings (SSSR count). The zero-order chi connectivity index (χ0) is 18.0. The molecule has 1 fully saturated rings. The van der Waals surface area contributed by atoms with Gasteiger partial charge in [-0.15, -0.1) is 22.7 Å². The fourth-order valence-corrected chi connectivity index (χ4v) is 5.04. The molecule has 0 bridgehead atoms. The van der Waals surface area contributed by atoms with Gasteiger partial charge in [-0.25, -0.2) is 13.4 Å². The van der Waals surface area contributed by atoms with E-state index in [0.29, 0.717) is 42.8 Å². The van der Waals surface area contributed by atoms with Crippen molar-refractivity contribution in [3.05, 3.63) is 27.5 Å². The van der Waals surface area contributed by atoms with Crippen molar-refractivity contribution in [3.8, 4) is 9.88 Å². The molecule has 3 heterocycles. The minimum atomic E-state index is -2.96. The minimum absolute atomic E-state index is 0.0760. The Balaban J connectivity index is 1.57. The predicted molar refractivity (Wildman–Crippen MR) is 102 cm³/mol. The molecule has 1 aliphatic heterocycles. The van der Waals surface area contributed by atoms with Gasteiger partial charge in [0.2, 0.25) is 0 Å². The van der Waals surface area contributed by atoms with Gasteiger partial charge in [-0.05, 0) is 12.1 Å². The van der Waals surface area contributed by atoms with Gasteiger partial charge in [-0.2, -0.15) is 0 Å². The lowest BCUT2D eigenvalue weighted by Gasteiger charge is -2.34. The average Bonchev–Trinajstić information content (AvgIpc) is 3.21. The van der Waals surface area contributed by atoms with Crippen LogP contribution in [0, 0.1) is 0 Å². The number of rotatable bonds is 5. The number of thiazole rings is 1. The summed E-state index contributed by atoms with van der Waals surface area (Å²) in [5.74, 6) is 0.0765. The number of aromatic nitrogens is 1. The number of hydrogen-bond donors (Lipinski definition) is 0. The van der Waals surface area contributed by atoms with Crippen molar-refractivity contribution in [3.63, 3.8) is 0 Å². The smallest absolute Gasteiger partial charge is 0.273 e. The second-order valence-electron chi connectivity index (χ2n) is 5.91. The highest BCUT2D eigenvalue weighted by Gasteiger charge is 2.24. The number of carbonyl (C=O) groups excluding carboxylic acids is 1. The largest absolute Gasteiger partial charge is 0.335 e. The van der Waals surface area contributed by atoms with E-state index in [-0.39, 0.29) is 11.7 Å². The van der Waals surface area contributed by atoms with E-state index in [2.05, 4.69) is 9.88 Å². The Hall–Kier alpha value is -1.00. The minimum Gasteiger partial charge on any atom is -0.335 e. The summed E-state index contributed by atoms with van der Waals surface area (Å²) >= 11 is 8.82. The summed E-state index contributed by atoms with van der Waals surface area (Å²) in [5.41, 5.74) is 0.453. The Labute approximate surface area is 160 Å². The van der Waals surface area contributed by atoms with Gasteiger partial charge in [0.25, 0.3) is 5.91 Å². The van der Waals surface area contributed by atoms with Crippen LogP contribution < -0.4 is 0 Å². The normalized spacial score (nSPS) is 16.3. The van der Waals surface area contributed by atoms with E-state index < -0.39 is 9.84 Å². The Morgan fingerprint density at radius 2 is 2.00 bits per heavy atom. The van der Waals surface area contributed by atoms with Gasteiger partial charge in [0.15, 0.2) is 0 Å². The highest BCUT2D eigenvalue weighted by atomic mass is 35.5. The van der Waals surface area contributed by atoms with Crippen molar-refractivity contribution in [1.82, 2.24) is 14.8 Å². The number of piperazine rings is 1. The molecular weight excluding hydrogens is 402 g/mol. The molecule has 2 aromatic rings. The SMILES string of the molecule is CS(=O)(=O)CCN1CCN(C(=O)c2csc(-c3ccc(Cl)s3)n2)CC1. The van der Waals surface area contributed by atoms with Gasteiger partial charge >= 0.3 is 0 Å². The summed E-state index contributed by atoms with van der Waals surface area (Å²) in [7, 11) is -2.96. The van der Waals surface area contributed by atoms with Crippen LogP contribution in [-0.2, 0) is 9.84 Å². The zero-order valence-corrected chi connectivity index (χ0v) is 16.8. The fourth-order valence-electron chi connectivity index (χ4n) is 2.55. The predicted octanol–water partition coefficient (Wildman–Crippen LogP) is 2.33. The van der Waals surface area contributed by atoms with E-state index in [1.807, 2.05) is 12.1 Å². The summed E-state index contributed by atoms with van der Waals surface area (Å²) in [6.07, 6.45) is 1.24. The van der Waals surface area contributed by atoms with Crippen LogP contribution in [0.1, 0.15) is 10.5 Å². The second-order valence-corrected chi connectivity index (χ2v) is 10.7. The van der Waals surface area contributed by atoms with Crippen molar-refractivity contribution < 1.29 is 13.2 Å². The van der Waals surface area contributed by atoms with Gasteiger partial charge in [-0.1, -0.05) is 11.6 Å². The highest BCUT2D eigenvalue weighted by molar-refractivity contribution is 7.90. The van der Waals surface area contributed by atoms with E-state index in [9.17, 15) is 13.2 Å². The van der Waals surface area contributed by atoms with E-state index in [4.69, 9.17) is 11.6 Å². The van der Waals surface area contributed by atoms with Crippen LogP contribution in [-0.4, -0.2) is 73.8 Å². The van der Waals surface area contributed by atoms with E-state index in [1.165, 1.54) is 28.9 Å². The van der Waals surface area contributed by atoms with Crippen LogP contribution in [0.15, 0.2) is 17.5 Å². The number of thiophene rings is 1. The van der Waals surface area contributed by atoms with E-state index >= 15 is 0 Å². The molecule has 2 aromatic heterocycles. The maximum Gasteiger partial charge on any atom is 0.273 e. The molecule has 0 radical (unpaired) electrons. The lowest BCUT2D eigenvalue weighted by molar-refractivity contribution is 0.0639. The first-order chi connectivity index (χ1) is 11.8. The third-order valence-electron chi connectivity index (χ3n) is 3.95. The van der Waals surface area contributed by atoms with Crippen molar-refractivity contribution in [2.24, 2.45) is 0 Å². The van der Waals surface area contributed by atoms with Crippen molar-refractivity contribution in [1.29, 1.82) is 0 Å². The molecular formula is C15H18ClN3O3S3. The van der Waals surface area contributed by atoms with Gasteiger partial charge in [0, 0.05) is 44.4 Å². The van der Waals surface area contributed by atoms with Crippen LogP contribution >= 0.6 is 34.3 Å². The molecule has 1 aliphatic rings. The second kappa shape index (κ2) is 7.71. The summed E-state index contributed by atoms with van der Waals surface area (Å²) in [5, 5.41) is 2.58. The standard InChI is InChI=1S/C15H18ClN3O3S3/c1-25(21,22)9-8-18-4-6-19(7-5-18)15(20)11-10-23-14(17-11)12-2-3-13(16)24-12/h2-3,10H,4-9H2,1H3. The molecule has 0 aromatic carbocycles. The van der Waals surface area contributed by atoms with Crippen LogP contribution in [0.2, 0.25) is 4.34 Å². The Kier molecular flexibility index (Phi) is 5.79. The molecule has 25 heavy (non-hydrogen) atoms. The van der Waals surface area contributed by atoms with Gasteiger partial charge < -0.3 is 4.90 Å². The zero-order valence-electron chi connectivity index (χ0n) is 13.6. The van der Waals surface area contributed by atoms with E-state index in [0.717, 1.165) is 9.88 Å². The van der Waals surface area contributed by atoms with Crippen molar-refractivity contribution in [2.45, 2.75) is 0 Å². The number of hydrogen-bond acceptors (Lipinski definition) is 7. The lowest BCUT2D eigenvalue weighted by Crippen LogP contribution is -2.49. The molecule has 0 aliphatic carbocycles. The quantitative estimate of drug-likeness (QED) is 0.743. The molecule has 10 heteroatoms. The Morgan fingerprint density at radius 3 is 2.60 bits per heavy atom. The molecule has 0 atom stereocenters. The molecule has 0 saturated carbocycles. The van der Waals surface area contributed by atoms with Crippen LogP contribution in [0.25, 0.3) is 9.88 Å². The third-order valence-corrected chi connectivity index (χ3v) is 7.11. The number of nitrogens with zero attached hydrogens (tertiary/aromatic N) is 3. The molecule has 0 spiro atoms. The van der Waals surface area contributed by atoms with Crippen molar-refractivity contribution in [2.75, 3.05) is 44.7 Å². The topological polar surface area (TPSA) is 70.6 Å². The highest BCUT2D eigenvalue weighted by Crippen LogP contribution is 2.33. The van der Waals surface area contributed by atoms with E-state index in [1.54, 1.807) is 10.3 Å². The number of amides is 1. The molecule has 0 N–H and O–H groups in total. The van der Waals surface area contributed by atoms with Crippen LogP contribution in [0.3, 0.4) is 0 Å². The Bertz CT molecular complexity index is 854. The lowest BCUT2D eigenvalue weighted by atomic mass is 10.3. The summed E-state index contributed by atoms with van der Waals surface area (Å²) < 4.78 is 23.2.